The second-order valence-corrected chi connectivity index (χ2v) is 4.04. The fourth-order valence-corrected chi connectivity index (χ4v) is 1.37. The summed E-state index contributed by atoms with van der Waals surface area (Å²) >= 11 is 0. The maximum Gasteiger partial charge on any atom is 0.0266 e. The van der Waals surface area contributed by atoms with Gasteiger partial charge in [-0.25, -0.2) is 0 Å². The Kier molecular flexibility index (Phi) is 3.30. The zero-order valence-electron chi connectivity index (χ0n) is 6.62. The van der Waals surface area contributed by atoms with Crippen LogP contribution >= 0.6 is 0 Å². The molecule has 0 saturated carbocycles. The van der Waals surface area contributed by atoms with Crippen molar-refractivity contribution in [2.45, 2.75) is 6.42 Å². The highest BCUT2D eigenvalue weighted by Gasteiger charge is 1.91. The molecule has 0 amide bonds. The first kappa shape index (κ1) is 8.47. The average Bonchev–Trinajstić information content (AvgIpc) is 2.39. The maximum absolute atomic E-state index is 10.7. The minimum absolute atomic E-state index is 0.658. The third-order valence-corrected chi connectivity index (χ3v) is 2.28. The van der Waals surface area contributed by atoms with Gasteiger partial charge >= 0.3 is 0 Å². The van der Waals surface area contributed by atoms with Gasteiger partial charge in [-0.3, -0.25) is 4.21 Å². The summed E-state index contributed by atoms with van der Waals surface area (Å²) in [5.74, 6) is 0.769. The highest BCUT2D eigenvalue weighted by molar-refractivity contribution is 7.84. The lowest BCUT2D eigenvalue weighted by atomic mass is 10.2. The van der Waals surface area contributed by atoms with E-state index in [-0.39, 0.29) is 0 Å². The van der Waals surface area contributed by atoms with Gasteiger partial charge in [-0.15, -0.1) is 0 Å². The fraction of sp³-hybridized carbons (Fsp3) is 0.333. The van der Waals surface area contributed by atoms with E-state index in [0.29, 0.717) is 0 Å². The molecule has 0 unspecified atom stereocenters. The molecule has 0 aromatic heterocycles. The minimum atomic E-state index is -0.658. The molecular formula is C9H12OS. The smallest absolute Gasteiger partial charge is 0.0266 e. The van der Waals surface area contributed by atoms with Crippen molar-refractivity contribution in [3.8, 4) is 0 Å². The van der Waals surface area contributed by atoms with E-state index in [2.05, 4.69) is 18.2 Å². The number of hydrogen-bond donors (Lipinski definition) is 0. The third kappa shape index (κ3) is 3.33. The van der Waals surface area contributed by atoms with Crippen LogP contribution in [0, 0.1) is 0 Å². The fourth-order valence-electron chi connectivity index (χ4n) is 0.917. The molecule has 0 radical (unpaired) electrons. The van der Waals surface area contributed by atoms with Gasteiger partial charge in [0.05, 0.1) is 0 Å². The normalized spacial score (nSPS) is 17.4. The van der Waals surface area contributed by atoms with E-state index in [1.807, 2.05) is 12.2 Å². The SMILES string of the molecule is C[S@@](=O)CCC=C1C=CC=C1. The van der Waals surface area contributed by atoms with Crippen LogP contribution in [0.15, 0.2) is 36.0 Å². The first-order valence-corrected chi connectivity index (χ1v) is 5.37. The van der Waals surface area contributed by atoms with Crippen molar-refractivity contribution in [1.29, 1.82) is 0 Å². The molecule has 0 aromatic carbocycles. The van der Waals surface area contributed by atoms with Crippen LogP contribution in [0.1, 0.15) is 6.42 Å². The lowest BCUT2D eigenvalue weighted by Gasteiger charge is -1.91. The minimum Gasteiger partial charge on any atom is -0.260 e. The highest BCUT2D eigenvalue weighted by Crippen LogP contribution is 2.07. The van der Waals surface area contributed by atoms with Crippen molar-refractivity contribution in [2.24, 2.45) is 0 Å². The summed E-state index contributed by atoms with van der Waals surface area (Å²) in [5, 5.41) is 0. The molecule has 11 heavy (non-hydrogen) atoms. The van der Waals surface area contributed by atoms with Gasteiger partial charge in [-0.05, 0) is 12.0 Å². The first-order valence-electron chi connectivity index (χ1n) is 3.64. The van der Waals surface area contributed by atoms with E-state index >= 15 is 0 Å². The molecule has 0 spiro atoms. The van der Waals surface area contributed by atoms with E-state index in [1.165, 1.54) is 5.57 Å². The number of hydrogen-bond acceptors (Lipinski definition) is 1. The molecule has 0 N–H and O–H groups in total. The summed E-state index contributed by atoms with van der Waals surface area (Å²) in [6.07, 6.45) is 12.9. The number of rotatable bonds is 3. The molecule has 1 rings (SSSR count). The summed E-state index contributed by atoms with van der Waals surface area (Å²) in [7, 11) is -0.658. The van der Waals surface area contributed by atoms with E-state index in [4.69, 9.17) is 0 Å². The Bertz CT molecular complexity index is 222. The van der Waals surface area contributed by atoms with Gasteiger partial charge in [0.2, 0.25) is 0 Å². The Balaban J connectivity index is 2.30. The molecule has 0 saturated heterocycles. The predicted octanol–water partition coefficient (Wildman–Crippen LogP) is 1.81. The molecule has 1 aliphatic rings. The molecule has 0 heterocycles. The molecule has 1 atom stereocenters. The second-order valence-electron chi connectivity index (χ2n) is 2.49. The van der Waals surface area contributed by atoms with E-state index in [0.717, 1.165) is 12.2 Å². The monoisotopic (exact) mass is 168 g/mol. The van der Waals surface area contributed by atoms with Crippen LogP contribution in [0.4, 0.5) is 0 Å². The lowest BCUT2D eigenvalue weighted by molar-refractivity contribution is 0.686. The van der Waals surface area contributed by atoms with Crippen LogP contribution in [0.5, 0.6) is 0 Å². The molecule has 60 valence electrons. The molecule has 1 aliphatic carbocycles. The highest BCUT2D eigenvalue weighted by atomic mass is 32.2. The Morgan fingerprint density at radius 3 is 2.64 bits per heavy atom. The van der Waals surface area contributed by atoms with E-state index < -0.39 is 10.8 Å². The molecule has 0 aliphatic heterocycles. The Labute approximate surface area is 70.0 Å². The first-order chi connectivity index (χ1) is 5.29. The average molecular weight is 168 g/mol. The van der Waals surface area contributed by atoms with Crippen LogP contribution in [-0.2, 0) is 10.8 Å². The van der Waals surface area contributed by atoms with Gasteiger partial charge in [-0.1, -0.05) is 30.4 Å². The van der Waals surface area contributed by atoms with E-state index in [9.17, 15) is 4.21 Å². The van der Waals surface area contributed by atoms with Gasteiger partial charge < -0.3 is 0 Å². The van der Waals surface area contributed by atoms with Crippen LogP contribution in [0.3, 0.4) is 0 Å². The van der Waals surface area contributed by atoms with E-state index in [1.54, 1.807) is 6.26 Å². The summed E-state index contributed by atoms with van der Waals surface area (Å²) in [5.41, 5.74) is 1.23. The molecule has 2 heteroatoms. The molecular weight excluding hydrogens is 156 g/mol. The van der Waals surface area contributed by atoms with Crippen LogP contribution in [0.25, 0.3) is 0 Å². The molecule has 0 fully saturated rings. The van der Waals surface area contributed by atoms with Crippen molar-refractivity contribution in [2.75, 3.05) is 12.0 Å². The number of allylic oxidation sites excluding steroid dienone is 6. The summed E-state index contributed by atoms with van der Waals surface area (Å²) in [6, 6.07) is 0. The summed E-state index contributed by atoms with van der Waals surface area (Å²) in [6.45, 7) is 0. The van der Waals surface area contributed by atoms with Crippen molar-refractivity contribution in [3.63, 3.8) is 0 Å². The Hall–Kier alpha value is -0.630. The van der Waals surface area contributed by atoms with Crippen molar-refractivity contribution < 1.29 is 4.21 Å². The molecule has 0 bridgehead atoms. The van der Waals surface area contributed by atoms with Crippen molar-refractivity contribution in [1.82, 2.24) is 0 Å². The molecule has 1 nitrogen and oxygen atoms in total. The standard InChI is InChI=1S/C9H12OS/c1-11(10)8-4-7-9-5-2-3-6-9/h2-3,5-7H,4,8H2,1H3/t11-/m1/s1. The summed E-state index contributed by atoms with van der Waals surface area (Å²) < 4.78 is 10.7. The largest absolute Gasteiger partial charge is 0.260 e. The van der Waals surface area contributed by atoms with Crippen LogP contribution in [-0.4, -0.2) is 16.2 Å². The topological polar surface area (TPSA) is 17.1 Å². The maximum atomic E-state index is 10.7. The van der Waals surface area contributed by atoms with Crippen molar-refractivity contribution in [3.05, 3.63) is 36.0 Å². The molecule has 0 aromatic rings. The Morgan fingerprint density at radius 1 is 1.45 bits per heavy atom. The van der Waals surface area contributed by atoms with Crippen LogP contribution in [0.2, 0.25) is 0 Å². The third-order valence-electron chi connectivity index (χ3n) is 1.47. The second kappa shape index (κ2) is 4.29. The zero-order valence-corrected chi connectivity index (χ0v) is 7.43. The van der Waals surface area contributed by atoms with Gasteiger partial charge in [-0.2, -0.15) is 0 Å². The van der Waals surface area contributed by atoms with Gasteiger partial charge in [0.25, 0.3) is 0 Å². The van der Waals surface area contributed by atoms with Crippen molar-refractivity contribution >= 4 is 10.8 Å². The van der Waals surface area contributed by atoms with Gasteiger partial charge in [0.15, 0.2) is 0 Å². The quantitative estimate of drug-likeness (QED) is 0.628. The van der Waals surface area contributed by atoms with Gasteiger partial charge in [0, 0.05) is 22.8 Å². The summed E-state index contributed by atoms with van der Waals surface area (Å²) in [4.78, 5) is 0. The van der Waals surface area contributed by atoms with Gasteiger partial charge in [0.1, 0.15) is 0 Å². The Morgan fingerprint density at radius 2 is 2.09 bits per heavy atom. The van der Waals surface area contributed by atoms with Crippen LogP contribution < -0.4 is 0 Å². The predicted molar refractivity (Wildman–Crippen MR) is 49.9 cm³/mol. The lowest BCUT2D eigenvalue weighted by Crippen LogP contribution is -1.91. The zero-order chi connectivity index (χ0) is 8.10.